The lowest BCUT2D eigenvalue weighted by Crippen LogP contribution is -2.55. The number of ether oxygens (including phenoxy) is 4. The van der Waals surface area contributed by atoms with Crippen LogP contribution in [0.5, 0.6) is 5.75 Å². The average Bonchev–Trinajstić information content (AvgIpc) is 3.59. The van der Waals surface area contributed by atoms with Gasteiger partial charge in [-0.2, -0.15) is 26.0 Å². The highest BCUT2D eigenvalue weighted by molar-refractivity contribution is 7.87. The van der Waals surface area contributed by atoms with Gasteiger partial charge in [-0.15, -0.1) is 0 Å². The van der Waals surface area contributed by atoms with Crippen LogP contribution in [0.2, 0.25) is 0 Å². The van der Waals surface area contributed by atoms with Crippen LogP contribution in [0.4, 0.5) is 17.6 Å². The molecular formula is C24H28F4O8S. The quantitative estimate of drug-likeness (QED) is 0.286. The molecule has 0 radical (unpaired) electrons. The fourth-order valence-electron chi connectivity index (χ4n) is 6.29. The number of halogens is 4. The predicted molar refractivity (Wildman–Crippen MR) is 119 cm³/mol. The number of benzene rings is 1. The molecule has 3 saturated carbocycles. The molecule has 37 heavy (non-hydrogen) atoms. The van der Waals surface area contributed by atoms with Crippen LogP contribution in [0, 0.1) is 17.8 Å². The Morgan fingerprint density at radius 2 is 1.70 bits per heavy atom. The molecule has 1 N–H and O–H groups in total. The number of hydrogen-bond acceptors (Lipinski definition) is 7. The molecule has 3 aliphatic carbocycles. The third kappa shape index (κ3) is 4.61. The van der Waals surface area contributed by atoms with Crippen molar-refractivity contribution in [3.8, 4) is 5.75 Å². The second kappa shape index (κ2) is 9.06. The first-order chi connectivity index (χ1) is 17.2. The molecule has 1 aliphatic heterocycles. The minimum absolute atomic E-state index is 0.131. The van der Waals surface area contributed by atoms with E-state index in [-0.39, 0.29) is 19.4 Å². The van der Waals surface area contributed by atoms with Crippen molar-refractivity contribution in [2.75, 3.05) is 6.61 Å². The number of hydrogen-bond donors (Lipinski definition) is 1. The van der Waals surface area contributed by atoms with Crippen molar-refractivity contribution >= 4 is 16.1 Å². The van der Waals surface area contributed by atoms with Crippen LogP contribution in [0.15, 0.2) is 24.3 Å². The SMILES string of the molecule is CC1(OC(=O)COc2ccc(C3OC4C5CC(C4O3)C(C(F)(F)C(F)(F)S(=O)(=O)O)C5)cc2)CCCC1. The number of rotatable bonds is 8. The lowest BCUT2D eigenvalue weighted by molar-refractivity contribution is -0.210. The Hall–Kier alpha value is -1.96. The summed E-state index contributed by atoms with van der Waals surface area (Å²) in [6.45, 7) is 1.64. The van der Waals surface area contributed by atoms with Gasteiger partial charge in [0.25, 0.3) is 0 Å². The summed E-state index contributed by atoms with van der Waals surface area (Å²) in [7, 11) is -6.31. The third-order valence-corrected chi connectivity index (χ3v) is 9.05. The summed E-state index contributed by atoms with van der Waals surface area (Å²) >= 11 is 0. The Bertz CT molecular complexity index is 1140. The Morgan fingerprint density at radius 3 is 2.32 bits per heavy atom. The zero-order valence-corrected chi connectivity index (χ0v) is 20.8. The minimum Gasteiger partial charge on any atom is -0.482 e. The van der Waals surface area contributed by atoms with Crippen LogP contribution in [-0.4, -0.2) is 54.5 Å². The van der Waals surface area contributed by atoms with Crippen molar-refractivity contribution < 1.29 is 54.3 Å². The molecule has 0 aromatic heterocycles. The molecular weight excluding hydrogens is 524 g/mol. The molecule has 13 heteroatoms. The molecule has 1 saturated heterocycles. The van der Waals surface area contributed by atoms with E-state index in [0.717, 1.165) is 25.7 Å². The summed E-state index contributed by atoms with van der Waals surface area (Å²) in [4.78, 5) is 12.1. The van der Waals surface area contributed by atoms with Gasteiger partial charge in [-0.1, -0.05) is 12.1 Å². The molecule has 1 heterocycles. The van der Waals surface area contributed by atoms with E-state index in [4.69, 9.17) is 23.5 Å². The van der Waals surface area contributed by atoms with Crippen molar-refractivity contribution in [3.05, 3.63) is 29.8 Å². The molecule has 2 bridgehead atoms. The van der Waals surface area contributed by atoms with E-state index >= 15 is 0 Å². The lowest BCUT2D eigenvalue weighted by Gasteiger charge is -2.36. The van der Waals surface area contributed by atoms with Gasteiger partial charge in [-0.05, 0) is 69.4 Å². The average molecular weight is 553 g/mol. The highest BCUT2D eigenvalue weighted by Crippen LogP contribution is 2.62. The van der Waals surface area contributed by atoms with Gasteiger partial charge in [0.1, 0.15) is 11.4 Å². The van der Waals surface area contributed by atoms with Gasteiger partial charge in [-0.3, -0.25) is 4.55 Å². The van der Waals surface area contributed by atoms with Gasteiger partial charge in [0.15, 0.2) is 12.9 Å². The standard InChI is InChI=1S/C24H28F4O8S/c1-22(8-2-3-9-22)36-18(29)12-33-15-6-4-13(5-7-15)21-34-19-14-10-16(20(19)35-21)17(11-14)23(25,26)24(27,28)37(30,31)32/h4-7,14,16-17,19-21H,2-3,8-12H2,1H3,(H,30,31,32). The maximum atomic E-state index is 14.6. The van der Waals surface area contributed by atoms with E-state index in [1.54, 1.807) is 24.3 Å². The summed E-state index contributed by atoms with van der Waals surface area (Å²) in [5.41, 5.74) is 0.0817. The topological polar surface area (TPSA) is 108 Å². The Labute approximate surface area is 211 Å². The Kier molecular flexibility index (Phi) is 6.52. The molecule has 206 valence electrons. The second-order valence-electron chi connectivity index (χ2n) is 10.6. The van der Waals surface area contributed by atoms with E-state index in [9.17, 15) is 30.8 Å². The second-order valence-corrected chi connectivity index (χ2v) is 12.1. The number of carbonyl (C=O) groups excluding carboxylic acids is 1. The van der Waals surface area contributed by atoms with E-state index in [2.05, 4.69) is 0 Å². The summed E-state index contributed by atoms with van der Waals surface area (Å²) < 4.78 is 110. The van der Waals surface area contributed by atoms with Gasteiger partial charge in [-0.25, -0.2) is 4.79 Å². The lowest BCUT2D eigenvalue weighted by atomic mass is 9.81. The molecule has 4 fully saturated rings. The normalized spacial score (nSPS) is 32.9. The van der Waals surface area contributed by atoms with Crippen LogP contribution >= 0.6 is 0 Å². The zero-order chi connectivity index (χ0) is 26.8. The van der Waals surface area contributed by atoms with Crippen molar-refractivity contribution in [2.45, 2.75) is 80.7 Å². The largest absolute Gasteiger partial charge is 0.482 e. The highest BCUT2D eigenvalue weighted by Gasteiger charge is 2.74. The fraction of sp³-hybridized carbons (Fsp3) is 0.708. The number of carbonyl (C=O) groups is 1. The summed E-state index contributed by atoms with van der Waals surface area (Å²) in [6, 6.07) is 6.40. The Morgan fingerprint density at radius 1 is 1.08 bits per heavy atom. The molecule has 8 nitrogen and oxygen atoms in total. The van der Waals surface area contributed by atoms with E-state index in [1.165, 1.54) is 0 Å². The smallest absolute Gasteiger partial charge is 0.431 e. The van der Waals surface area contributed by atoms with E-state index in [0.29, 0.717) is 11.3 Å². The van der Waals surface area contributed by atoms with Gasteiger partial charge in [0, 0.05) is 11.5 Å². The van der Waals surface area contributed by atoms with Crippen LogP contribution in [0.25, 0.3) is 0 Å². The first-order valence-corrected chi connectivity index (χ1v) is 13.6. The molecule has 0 amide bonds. The predicted octanol–water partition coefficient (Wildman–Crippen LogP) is 4.50. The molecule has 1 aromatic rings. The first kappa shape index (κ1) is 26.6. The highest BCUT2D eigenvalue weighted by atomic mass is 32.2. The first-order valence-electron chi connectivity index (χ1n) is 12.2. The maximum absolute atomic E-state index is 14.6. The van der Waals surface area contributed by atoms with E-state index < -0.39 is 69.1 Å². The molecule has 1 aromatic carbocycles. The monoisotopic (exact) mass is 552 g/mol. The van der Waals surface area contributed by atoms with Crippen LogP contribution < -0.4 is 4.74 Å². The van der Waals surface area contributed by atoms with Gasteiger partial charge < -0.3 is 18.9 Å². The van der Waals surface area contributed by atoms with Crippen molar-refractivity contribution in [3.63, 3.8) is 0 Å². The van der Waals surface area contributed by atoms with Gasteiger partial charge >= 0.3 is 27.3 Å². The molecule has 4 aliphatic rings. The molecule has 6 unspecified atom stereocenters. The minimum atomic E-state index is -6.31. The van der Waals surface area contributed by atoms with Gasteiger partial charge in [0.05, 0.1) is 12.2 Å². The van der Waals surface area contributed by atoms with Gasteiger partial charge in [0.2, 0.25) is 0 Å². The zero-order valence-electron chi connectivity index (χ0n) is 19.9. The fourth-order valence-corrected chi connectivity index (χ4v) is 6.79. The van der Waals surface area contributed by atoms with Crippen LogP contribution in [0.1, 0.15) is 57.3 Å². The van der Waals surface area contributed by atoms with Crippen molar-refractivity contribution in [1.82, 2.24) is 0 Å². The Balaban J connectivity index is 1.19. The molecule has 6 atom stereocenters. The van der Waals surface area contributed by atoms with Crippen molar-refractivity contribution in [2.24, 2.45) is 17.8 Å². The summed E-state index contributed by atoms with van der Waals surface area (Å²) in [5.74, 6) is -8.60. The number of esters is 1. The van der Waals surface area contributed by atoms with Crippen LogP contribution in [-0.2, 0) is 29.1 Å². The number of fused-ring (bicyclic) bond motifs is 5. The third-order valence-electron chi connectivity index (χ3n) is 8.13. The van der Waals surface area contributed by atoms with Crippen LogP contribution in [0.3, 0.4) is 0 Å². The van der Waals surface area contributed by atoms with E-state index in [1.807, 2.05) is 6.92 Å². The number of alkyl halides is 4. The summed E-state index contributed by atoms with van der Waals surface area (Å²) in [6.07, 6.45) is 0.981. The van der Waals surface area contributed by atoms with Crippen molar-refractivity contribution in [1.29, 1.82) is 0 Å². The molecule has 5 rings (SSSR count). The molecule has 0 spiro atoms. The summed E-state index contributed by atoms with van der Waals surface area (Å²) in [5, 5.41) is -5.61. The maximum Gasteiger partial charge on any atom is 0.431 e.